The number of hydrogen-bond donors (Lipinski definition) is 1. The van der Waals surface area contributed by atoms with E-state index in [9.17, 15) is 25.3 Å². The fourth-order valence-electron chi connectivity index (χ4n) is 2.55. The molecule has 0 amide bonds. The Bertz CT molecular complexity index is 776. The van der Waals surface area contributed by atoms with Crippen molar-refractivity contribution in [2.75, 3.05) is 6.61 Å². The van der Waals surface area contributed by atoms with Crippen LogP contribution in [0.15, 0.2) is 48.5 Å². The van der Waals surface area contributed by atoms with Gasteiger partial charge in [0, 0.05) is 29.8 Å². The van der Waals surface area contributed by atoms with Crippen molar-refractivity contribution < 1.29 is 24.4 Å². The maximum atomic E-state index is 10.7. The maximum Gasteiger partial charge on any atom is 0.269 e. The number of non-ortho nitro benzene ring substituents is 2. The lowest BCUT2D eigenvalue weighted by molar-refractivity contribution is -0.385. The quantitative estimate of drug-likeness (QED) is 0.666. The van der Waals surface area contributed by atoms with Crippen molar-refractivity contribution in [1.29, 1.82) is 0 Å². The van der Waals surface area contributed by atoms with E-state index >= 15 is 0 Å². The zero-order valence-electron chi connectivity index (χ0n) is 12.8. The molecule has 0 bridgehead atoms. The summed E-state index contributed by atoms with van der Waals surface area (Å²) in [5.74, 6) is 0. The van der Waals surface area contributed by atoms with Crippen LogP contribution in [-0.4, -0.2) is 27.7 Å². The van der Waals surface area contributed by atoms with Gasteiger partial charge in [0.15, 0.2) is 6.29 Å². The third-order valence-corrected chi connectivity index (χ3v) is 3.85. The zero-order chi connectivity index (χ0) is 18.0. The minimum atomic E-state index is -0.934. The molecule has 0 saturated carbocycles. The van der Waals surface area contributed by atoms with Gasteiger partial charge in [-0.1, -0.05) is 0 Å². The molecule has 0 unspecified atom stereocenters. The topological polar surface area (TPSA) is 125 Å². The lowest BCUT2D eigenvalue weighted by Gasteiger charge is -2.34. The zero-order valence-corrected chi connectivity index (χ0v) is 12.8. The van der Waals surface area contributed by atoms with E-state index in [4.69, 9.17) is 9.47 Å². The van der Waals surface area contributed by atoms with Gasteiger partial charge >= 0.3 is 0 Å². The van der Waals surface area contributed by atoms with Crippen LogP contribution in [-0.2, 0) is 9.47 Å². The molecule has 3 atom stereocenters. The number of rotatable bonds is 4. The molecule has 2 aromatic rings. The number of hydrogen-bond acceptors (Lipinski definition) is 7. The Morgan fingerprint density at radius 3 is 1.84 bits per heavy atom. The molecular formula is C16H14N2O7. The molecule has 25 heavy (non-hydrogen) atoms. The van der Waals surface area contributed by atoms with Crippen LogP contribution in [0, 0.1) is 20.2 Å². The van der Waals surface area contributed by atoms with Gasteiger partial charge < -0.3 is 14.6 Å². The highest BCUT2D eigenvalue weighted by Crippen LogP contribution is 2.35. The highest BCUT2D eigenvalue weighted by Gasteiger charge is 2.33. The molecule has 9 nitrogen and oxygen atoms in total. The number of aliphatic hydroxyl groups excluding tert-OH is 1. The molecule has 1 aliphatic rings. The third kappa shape index (κ3) is 3.63. The van der Waals surface area contributed by atoms with E-state index in [0.29, 0.717) is 11.1 Å². The Balaban J connectivity index is 1.79. The summed E-state index contributed by atoms with van der Waals surface area (Å²) in [6.45, 7) is 0.00328. The number of aliphatic hydroxyl groups is 1. The average molecular weight is 346 g/mol. The largest absolute Gasteiger partial charge is 0.388 e. The van der Waals surface area contributed by atoms with Crippen molar-refractivity contribution in [3.05, 3.63) is 79.9 Å². The van der Waals surface area contributed by atoms with E-state index in [1.165, 1.54) is 48.5 Å². The summed E-state index contributed by atoms with van der Waals surface area (Å²) in [6.07, 6.45) is -2.46. The van der Waals surface area contributed by atoms with Crippen LogP contribution >= 0.6 is 0 Å². The first-order valence-electron chi connectivity index (χ1n) is 7.39. The minimum Gasteiger partial charge on any atom is -0.388 e. The summed E-state index contributed by atoms with van der Waals surface area (Å²) in [7, 11) is 0. The molecule has 0 spiro atoms. The predicted octanol–water partition coefficient (Wildman–Crippen LogP) is 2.65. The number of benzene rings is 2. The molecule has 1 fully saturated rings. The minimum absolute atomic E-state index is 0.00328. The second-order valence-corrected chi connectivity index (χ2v) is 5.49. The predicted molar refractivity (Wildman–Crippen MR) is 84.7 cm³/mol. The standard InChI is InChI=1S/C16H14N2O7/c19-14-9-24-16(11-3-7-13(8-4-11)18(22)23)25-15(14)10-1-5-12(6-2-10)17(20)21/h1-8,14-16,19H,9H2/t14-,15+,16-/m0/s1. The van der Waals surface area contributed by atoms with Crippen molar-refractivity contribution in [2.45, 2.75) is 18.5 Å². The van der Waals surface area contributed by atoms with E-state index in [0.717, 1.165) is 0 Å². The molecule has 0 radical (unpaired) electrons. The van der Waals surface area contributed by atoms with Crippen LogP contribution < -0.4 is 0 Å². The van der Waals surface area contributed by atoms with Crippen LogP contribution in [0.4, 0.5) is 11.4 Å². The Hall–Kier alpha value is -2.88. The molecule has 9 heteroatoms. The number of nitro groups is 2. The molecule has 0 aromatic heterocycles. The molecule has 1 saturated heterocycles. The van der Waals surface area contributed by atoms with Crippen molar-refractivity contribution in [3.63, 3.8) is 0 Å². The summed E-state index contributed by atoms with van der Waals surface area (Å²) < 4.78 is 11.2. The van der Waals surface area contributed by atoms with Gasteiger partial charge in [-0.3, -0.25) is 20.2 Å². The Labute approximate surface area is 141 Å². The van der Waals surface area contributed by atoms with Crippen molar-refractivity contribution >= 4 is 11.4 Å². The lowest BCUT2D eigenvalue weighted by Crippen LogP contribution is -2.34. The average Bonchev–Trinajstić information content (AvgIpc) is 2.62. The van der Waals surface area contributed by atoms with Gasteiger partial charge in [0.25, 0.3) is 11.4 Å². The van der Waals surface area contributed by atoms with Crippen molar-refractivity contribution in [3.8, 4) is 0 Å². The summed E-state index contributed by atoms with van der Waals surface area (Å²) in [5, 5.41) is 31.5. The normalized spacial score (nSPS) is 23.2. The first kappa shape index (κ1) is 17.0. The molecule has 1 aliphatic heterocycles. The van der Waals surface area contributed by atoms with Crippen LogP contribution in [0.25, 0.3) is 0 Å². The van der Waals surface area contributed by atoms with E-state index in [1.54, 1.807) is 0 Å². The van der Waals surface area contributed by atoms with Crippen molar-refractivity contribution in [2.24, 2.45) is 0 Å². The van der Waals surface area contributed by atoms with Gasteiger partial charge in [0.1, 0.15) is 12.2 Å². The summed E-state index contributed by atoms with van der Waals surface area (Å²) in [4.78, 5) is 20.4. The van der Waals surface area contributed by atoms with Gasteiger partial charge in [-0.2, -0.15) is 0 Å². The molecular weight excluding hydrogens is 332 g/mol. The molecule has 1 N–H and O–H groups in total. The first-order chi connectivity index (χ1) is 12.0. The fraction of sp³-hybridized carbons (Fsp3) is 0.250. The molecule has 1 heterocycles. The second kappa shape index (κ2) is 6.93. The van der Waals surface area contributed by atoms with Gasteiger partial charge in [-0.15, -0.1) is 0 Å². The van der Waals surface area contributed by atoms with Gasteiger partial charge in [-0.25, -0.2) is 0 Å². The molecule has 0 aliphatic carbocycles. The SMILES string of the molecule is O=[N+]([O-])c1ccc([C@H]2OC[C@H](O)[C@@H](c3ccc([N+](=O)[O-])cc3)O2)cc1. The van der Waals surface area contributed by atoms with Crippen LogP contribution in [0.3, 0.4) is 0 Å². The second-order valence-electron chi connectivity index (χ2n) is 5.49. The number of nitrogens with zero attached hydrogens (tertiary/aromatic N) is 2. The Morgan fingerprint density at radius 1 is 0.880 bits per heavy atom. The lowest BCUT2D eigenvalue weighted by atomic mass is 10.0. The van der Waals surface area contributed by atoms with Crippen LogP contribution in [0.2, 0.25) is 0 Å². The van der Waals surface area contributed by atoms with E-state index < -0.39 is 28.3 Å². The third-order valence-electron chi connectivity index (χ3n) is 3.85. The van der Waals surface area contributed by atoms with E-state index in [2.05, 4.69) is 0 Å². The van der Waals surface area contributed by atoms with Gasteiger partial charge in [0.2, 0.25) is 0 Å². The highest BCUT2D eigenvalue weighted by molar-refractivity contribution is 5.35. The maximum absolute atomic E-state index is 10.7. The summed E-state index contributed by atoms with van der Waals surface area (Å²) in [5.41, 5.74) is 1.04. The van der Waals surface area contributed by atoms with E-state index in [1.807, 2.05) is 0 Å². The molecule has 130 valence electrons. The van der Waals surface area contributed by atoms with Crippen LogP contribution in [0.1, 0.15) is 23.5 Å². The smallest absolute Gasteiger partial charge is 0.269 e. The Kier molecular flexibility index (Phi) is 4.70. The van der Waals surface area contributed by atoms with Crippen LogP contribution in [0.5, 0.6) is 0 Å². The van der Waals surface area contributed by atoms with Crippen molar-refractivity contribution in [1.82, 2.24) is 0 Å². The summed E-state index contributed by atoms with van der Waals surface area (Å²) >= 11 is 0. The molecule has 3 rings (SSSR count). The first-order valence-corrected chi connectivity index (χ1v) is 7.39. The summed E-state index contributed by atoms with van der Waals surface area (Å²) in [6, 6.07) is 11.4. The van der Waals surface area contributed by atoms with E-state index in [-0.39, 0.29) is 18.0 Å². The highest BCUT2D eigenvalue weighted by atomic mass is 16.7. The Morgan fingerprint density at radius 2 is 1.36 bits per heavy atom. The number of nitro benzene ring substituents is 2. The fourth-order valence-corrected chi connectivity index (χ4v) is 2.55. The monoisotopic (exact) mass is 346 g/mol. The van der Waals surface area contributed by atoms with Gasteiger partial charge in [0.05, 0.1) is 16.5 Å². The molecule has 2 aromatic carbocycles. The van der Waals surface area contributed by atoms with Gasteiger partial charge in [-0.05, 0) is 29.8 Å². The number of ether oxygens (including phenoxy) is 2.